The number of ether oxygens (including phenoxy) is 6. The first-order valence-electron chi connectivity index (χ1n) is 24.4. The molecule has 0 aromatic carbocycles. The average molecular weight is 949 g/mol. The van der Waals surface area contributed by atoms with Crippen molar-refractivity contribution in [2.24, 2.45) is 23.7 Å². The molecule has 3 rings (SSSR count). The molecular formula is C49H84N4O12Si. The highest BCUT2D eigenvalue weighted by atomic mass is 28.4. The molecule has 0 radical (unpaired) electrons. The number of unbranched alkanes of at least 4 members (excludes halogenated alkanes) is 1. The Morgan fingerprint density at radius 1 is 0.924 bits per heavy atom. The number of ketones is 1. The van der Waals surface area contributed by atoms with E-state index in [-0.39, 0.29) is 90.9 Å². The van der Waals surface area contributed by atoms with Gasteiger partial charge in [0.25, 0.3) is 5.91 Å². The second kappa shape index (κ2) is 26.6. The van der Waals surface area contributed by atoms with E-state index in [1.807, 2.05) is 6.92 Å². The van der Waals surface area contributed by atoms with E-state index in [9.17, 15) is 24.0 Å². The Labute approximate surface area is 396 Å². The monoisotopic (exact) mass is 949 g/mol. The molecule has 2 N–H and O–H groups in total. The molecule has 0 saturated carbocycles. The number of carbonyl (C=O) groups excluding carboxylic acids is 5. The van der Waals surface area contributed by atoms with Gasteiger partial charge in [-0.3, -0.25) is 34.2 Å². The molecule has 8 unspecified atom stereocenters. The smallest absolute Gasteiger partial charge is 0.302 e. The molecule has 2 saturated heterocycles. The van der Waals surface area contributed by atoms with Gasteiger partial charge in [-0.05, 0) is 89.8 Å². The Morgan fingerprint density at radius 3 is 2.20 bits per heavy atom. The predicted molar refractivity (Wildman–Crippen MR) is 253 cm³/mol. The normalized spacial score (nSPS) is 27.7. The largest absolute Gasteiger partial charge is 0.463 e. The topological polar surface area (TPSA) is 182 Å². The second-order valence-corrected chi connectivity index (χ2v) is 25.2. The summed E-state index contributed by atoms with van der Waals surface area (Å²) in [5.41, 5.74) is 0.263. The zero-order valence-corrected chi connectivity index (χ0v) is 43.6. The van der Waals surface area contributed by atoms with Gasteiger partial charge in [0, 0.05) is 62.9 Å². The van der Waals surface area contributed by atoms with Crippen LogP contribution in [0.1, 0.15) is 134 Å². The number of esters is 1. The van der Waals surface area contributed by atoms with Gasteiger partial charge in [0.05, 0.1) is 18.1 Å². The fourth-order valence-corrected chi connectivity index (χ4v) is 9.81. The van der Waals surface area contributed by atoms with Crippen molar-refractivity contribution >= 4 is 37.8 Å². The van der Waals surface area contributed by atoms with Gasteiger partial charge in [0.15, 0.2) is 14.6 Å². The third-order valence-corrected chi connectivity index (χ3v) is 18.3. The molecule has 3 amide bonds. The van der Waals surface area contributed by atoms with Crippen LogP contribution in [0.4, 0.5) is 0 Å². The Balaban J connectivity index is 1.59. The maximum Gasteiger partial charge on any atom is 0.302 e. The minimum absolute atomic E-state index is 0.0398. The van der Waals surface area contributed by atoms with Crippen LogP contribution in [0, 0.1) is 30.2 Å². The van der Waals surface area contributed by atoms with E-state index >= 15 is 0 Å². The molecule has 3 aliphatic rings. The Morgan fingerprint density at radius 2 is 1.59 bits per heavy atom. The van der Waals surface area contributed by atoms with Crippen molar-refractivity contribution in [1.82, 2.24) is 15.5 Å². The highest BCUT2D eigenvalue weighted by molar-refractivity contribution is 6.74. The van der Waals surface area contributed by atoms with E-state index in [4.69, 9.17) is 39.4 Å². The summed E-state index contributed by atoms with van der Waals surface area (Å²) in [7, 11) is -2.52. The van der Waals surface area contributed by atoms with E-state index in [1.54, 1.807) is 6.08 Å². The number of carbonyl (C=O) groups is 5. The molecule has 66 heavy (non-hydrogen) atoms. The van der Waals surface area contributed by atoms with Crippen molar-refractivity contribution in [3.63, 3.8) is 0 Å². The van der Waals surface area contributed by atoms with E-state index in [2.05, 4.69) is 103 Å². The third kappa shape index (κ3) is 16.6. The van der Waals surface area contributed by atoms with Gasteiger partial charge in [-0.15, -0.1) is 0 Å². The quantitative estimate of drug-likeness (QED) is 0.0213. The Hall–Kier alpha value is -3.08. The van der Waals surface area contributed by atoms with Crippen molar-refractivity contribution in [2.45, 2.75) is 208 Å². The number of Topliss-reactive ketones (excluding diaryl/α,β-unsaturated/α-hetero) is 1. The maximum atomic E-state index is 13.7. The van der Waals surface area contributed by atoms with Crippen LogP contribution in [0.5, 0.6) is 0 Å². The standard InChI is InChI=1S/C49H84N4O12Si/c1-16-39-43(64-48(60-27-25-50-13)53(30(2)3)31(4)5)44(65-66(14,15)49(10,11)12)42(62-39)38-28-36(45(57)52-46(38)58)22-23-41(56)51-24-19-21-37(55)20-17-18-26-59-47-34(8)32(6)33(7)40(63-47)29-61-35(9)54/h28,30-34,36,39-40,42-44,47-48H,16-27,29H2,1-12,14-15H3,(H,51,56)(H,52,57,58)/t32?,33?,34?,36?,39-,40?,42+,43?,44-,47?,48?/m1/s1. The Kier molecular flexibility index (Phi) is 23.1. The third-order valence-electron chi connectivity index (χ3n) is 13.8. The lowest BCUT2D eigenvalue weighted by Crippen LogP contribution is -2.55. The lowest BCUT2D eigenvalue weighted by Gasteiger charge is -2.43. The van der Waals surface area contributed by atoms with Crippen LogP contribution in [0.3, 0.4) is 0 Å². The van der Waals surface area contributed by atoms with Crippen molar-refractivity contribution in [2.75, 3.05) is 32.9 Å². The molecule has 2 fully saturated rings. The van der Waals surface area contributed by atoms with Crippen molar-refractivity contribution in [1.29, 1.82) is 0 Å². The van der Waals surface area contributed by atoms with Crippen molar-refractivity contribution in [3.8, 4) is 0 Å². The number of imide groups is 1. The minimum Gasteiger partial charge on any atom is -0.463 e. The number of nitrogens with one attached hydrogen (secondary N) is 2. The lowest BCUT2D eigenvalue weighted by molar-refractivity contribution is -0.270. The van der Waals surface area contributed by atoms with Crippen LogP contribution in [0.15, 0.2) is 11.6 Å². The molecular weight excluding hydrogens is 865 g/mol. The fraction of sp³-hybridized carbons (Fsp3) is 0.837. The van der Waals surface area contributed by atoms with Gasteiger partial charge < -0.3 is 43.0 Å². The van der Waals surface area contributed by atoms with Gasteiger partial charge >= 0.3 is 5.97 Å². The highest BCUT2D eigenvalue weighted by Gasteiger charge is 2.54. The first-order chi connectivity index (χ1) is 30.9. The van der Waals surface area contributed by atoms with E-state index in [1.165, 1.54) is 6.92 Å². The first kappa shape index (κ1) is 57.2. The maximum absolute atomic E-state index is 13.7. The van der Waals surface area contributed by atoms with Crippen molar-refractivity contribution < 1.29 is 56.8 Å². The van der Waals surface area contributed by atoms with E-state index in [0.717, 1.165) is 0 Å². The summed E-state index contributed by atoms with van der Waals surface area (Å²) in [4.78, 5) is 69.4. The zero-order valence-electron chi connectivity index (χ0n) is 42.6. The van der Waals surface area contributed by atoms with Crippen molar-refractivity contribution in [3.05, 3.63) is 23.1 Å². The lowest BCUT2D eigenvalue weighted by atomic mass is 9.79. The minimum atomic E-state index is -2.52. The summed E-state index contributed by atoms with van der Waals surface area (Å²) in [6.07, 6.45) is 0.804. The van der Waals surface area contributed by atoms with Crippen LogP contribution >= 0.6 is 0 Å². The molecule has 0 bridgehead atoms. The number of amides is 3. The average Bonchev–Trinajstić information content (AvgIpc) is 3.55. The Bertz CT molecular complexity index is 1670. The molecule has 3 aliphatic heterocycles. The molecule has 0 spiro atoms. The first-order valence-corrected chi connectivity index (χ1v) is 27.3. The van der Waals surface area contributed by atoms with Crippen LogP contribution in [0.2, 0.25) is 18.1 Å². The summed E-state index contributed by atoms with van der Waals surface area (Å²) in [5, 5.41) is 5.20. The molecule has 0 aromatic rings. The summed E-state index contributed by atoms with van der Waals surface area (Å²) in [6, 6.07) is 0.0809. The number of hydrogen-bond acceptors (Lipinski definition) is 13. The second-order valence-electron chi connectivity index (χ2n) is 20.5. The zero-order chi connectivity index (χ0) is 49.5. The highest BCUT2D eigenvalue weighted by Crippen LogP contribution is 2.43. The van der Waals surface area contributed by atoms with Gasteiger partial charge in [-0.2, -0.15) is 0 Å². The van der Waals surface area contributed by atoms with Gasteiger partial charge in [0.1, 0.15) is 37.3 Å². The molecule has 0 aromatic heterocycles. The number of nitrogens with zero attached hydrogens (tertiary/aromatic N) is 2. The number of rotatable bonds is 27. The summed E-state index contributed by atoms with van der Waals surface area (Å²) in [6.45, 7) is 37.3. The van der Waals surface area contributed by atoms with E-state index in [0.29, 0.717) is 57.6 Å². The fourth-order valence-electron chi connectivity index (χ4n) is 8.52. The molecule has 16 nitrogen and oxygen atoms in total. The summed E-state index contributed by atoms with van der Waals surface area (Å²) in [5.74, 6) is -1.59. The molecule has 0 aliphatic carbocycles. The molecule has 17 heteroatoms. The van der Waals surface area contributed by atoms with Crippen LogP contribution in [-0.2, 0) is 56.8 Å². The van der Waals surface area contributed by atoms with Crippen LogP contribution in [-0.4, -0.2) is 131 Å². The SMILES string of the molecule is [C-]#[N+]CCOC(OC1[C@@H](CC)O[C@@H](C2=CC(CCC(=O)NCCCC(=O)CCCCOC3OC(COC(C)=O)C(C)C(C)C3C)C(=O)NC2=O)[C@H]1O[Si](C)(C)C(C)(C)C)N(C(C)C)C(C)C. The van der Waals surface area contributed by atoms with Gasteiger partial charge in [-0.25, -0.2) is 6.57 Å². The van der Waals surface area contributed by atoms with Crippen LogP contribution in [0.25, 0.3) is 4.85 Å². The molecule has 3 heterocycles. The molecule has 376 valence electrons. The van der Waals surface area contributed by atoms with Gasteiger partial charge in [0.2, 0.25) is 24.8 Å². The van der Waals surface area contributed by atoms with Gasteiger partial charge in [-0.1, -0.05) is 54.5 Å². The summed E-state index contributed by atoms with van der Waals surface area (Å²) >= 11 is 0. The molecule has 11 atom stereocenters. The predicted octanol–water partition coefficient (Wildman–Crippen LogP) is 7.11. The summed E-state index contributed by atoms with van der Waals surface area (Å²) < 4.78 is 44.4. The number of hydrogen-bond donors (Lipinski definition) is 2. The van der Waals surface area contributed by atoms with Crippen LogP contribution < -0.4 is 10.6 Å². The van der Waals surface area contributed by atoms with E-state index < -0.39 is 63.2 Å².